The lowest BCUT2D eigenvalue weighted by molar-refractivity contribution is 0.668. The van der Waals surface area contributed by atoms with E-state index in [9.17, 15) is 0 Å². The summed E-state index contributed by atoms with van der Waals surface area (Å²) in [5.74, 6) is 1.70. The van der Waals surface area contributed by atoms with Gasteiger partial charge in [-0.15, -0.1) is 0 Å². The highest BCUT2D eigenvalue weighted by Crippen LogP contribution is 2.46. The summed E-state index contributed by atoms with van der Waals surface area (Å²) in [6, 6.07) is 80.5. The largest absolute Gasteiger partial charge is 0.456 e. The van der Waals surface area contributed by atoms with Crippen molar-refractivity contribution in [3.8, 4) is 73.2 Å². The van der Waals surface area contributed by atoms with Crippen LogP contribution < -0.4 is 0 Å². The van der Waals surface area contributed by atoms with Crippen molar-refractivity contribution in [1.29, 1.82) is 0 Å². The number of para-hydroxylation sites is 3. The van der Waals surface area contributed by atoms with Crippen molar-refractivity contribution in [3.63, 3.8) is 0 Å². The summed E-state index contributed by atoms with van der Waals surface area (Å²) < 4.78 is 15.9. The number of furan rings is 2. The number of nitrogens with zero attached hydrogens (tertiary/aromatic N) is 4. The molecule has 0 aliphatic heterocycles. The van der Waals surface area contributed by atoms with Crippen molar-refractivity contribution in [3.05, 3.63) is 231 Å². The first-order chi connectivity index (χ1) is 34.2. The number of fused-ring (bicyclic) bond motifs is 9. The van der Waals surface area contributed by atoms with E-state index in [0.29, 0.717) is 17.5 Å². The molecule has 6 heteroatoms. The Hall–Kier alpha value is -9.39. The predicted octanol–water partition coefficient (Wildman–Crippen LogP) is 16.8. The average molecular weight is 883 g/mol. The maximum Gasteiger partial charge on any atom is 0.164 e. The third-order valence-electron chi connectivity index (χ3n) is 13.5. The third kappa shape index (κ3) is 6.45. The Kier molecular flexibility index (Phi) is 8.79. The van der Waals surface area contributed by atoms with Gasteiger partial charge in [0.05, 0.1) is 16.7 Å². The molecule has 0 N–H and O–H groups in total. The van der Waals surface area contributed by atoms with E-state index in [1.165, 1.54) is 10.9 Å². The van der Waals surface area contributed by atoms with Gasteiger partial charge in [-0.2, -0.15) is 0 Å². The van der Waals surface area contributed by atoms with Gasteiger partial charge in [-0.05, 0) is 76.3 Å². The summed E-state index contributed by atoms with van der Waals surface area (Å²) >= 11 is 0. The van der Waals surface area contributed by atoms with Crippen molar-refractivity contribution in [1.82, 2.24) is 19.5 Å². The van der Waals surface area contributed by atoms with Crippen LogP contribution in [0.15, 0.2) is 239 Å². The first-order valence-electron chi connectivity index (χ1n) is 23.2. The molecule has 14 aromatic rings. The predicted molar refractivity (Wildman–Crippen MR) is 281 cm³/mol. The zero-order valence-electron chi connectivity index (χ0n) is 37.0. The molecular formula is C63H38N4O2. The van der Waals surface area contributed by atoms with Crippen LogP contribution >= 0.6 is 0 Å². The van der Waals surface area contributed by atoms with Crippen molar-refractivity contribution in [2.45, 2.75) is 0 Å². The molecule has 4 heterocycles. The first-order valence-corrected chi connectivity index (χ1v) is 23.2. The fourth-order valence-electron chi connectivity index (χ4n) is 10.2. The summed E-state index contributed by atoms with van der Waals surface area (Å²) in [6.07, 6.45) is 0. The van der Waals surface area contributed by atoms with Gasteiger partial charge in [0.25, 0.3) is 0 Å². The van der Waals surface area contributed by atoms with E-state index in [1.54, 1.807) is 0 Å². The molecule has 0 spiro atoms. The molecule has 322 valence electrons. The van der Waals surface area contributed by atoms with E-state index >= 15 is 0 Å². The number of rotatable bonds is 7. The van der Waals surface area contributed by atoms with Crippen LogP contribution in [0.4, 0.5) is 0 Å². The van der Waals surface area contributed by atoms with Crippen LogP contribution in [0, 0.1) is 0 Å². The van der Waals surface area contributed by atoms with E-state index in [2.05, 4.69) is 174 Å². The fraction of sp³-hybridized carbons (Fsp3) is 0. The molecule has 0 aliphatic carbocycles. The molecule has 0 saturated carbocycles. The zero-order chi connectivity index (χ0) is 45.4. The molecule has 0 bridgehead atoms. The molecule has 0 fully saturated rings. The molecule has 0 saturated heterocycles. The molecule has 69 heavy (non-hydrogen) atoms. The van der Waals surface area contributed by atoms with Crippen LogP contribution in [0.1, 0.15) is 0 Å². The molecule has 14 rings (SSSR count). The maximum atomic E-state index is 6.83. The minimum atomic E-state index is 0.538. The second kappa shape index (κ2) is 15.6. The van der Waals surface area contributed by atoms with E-state index in [-0.39, 0.29) is 0 Å². The quantitative estimate of drug-likeness (QED) is 0.159. The standard InChI is InChI=1S/C63H38N4O2/c1-4-16-39(17-5-1)41-28-30-43(31-29-41)62-64-61(42-20-8-3-9-21-42)65-63(66-62)45-35-52(60-48-24-12-15-27-57(48)69-59(60)36-45)50-37-51-47-23-11-14-26-56(47)68-58(51)38-55(50)67-53-25-13-10-22-46(53)49-34-44(32-33-54(49)67)40-18-6-2-7-19-40/h1-38H. The Morgan fingerprint density at radius 2 is 0.768 bits per heavy atom. The highest BCUT2D eigenvalue weighted by molar-refractivity contribution is 6.18. The summed E-state index contributed by atoms with van der Waals surface area (Å²) in [5, 5.41) is 6.42. The lowest BCUT2D eigenvalue weighted by Gasteiger charge is -2.17. The van der Waals surface area contributed by atoms with Crippen LogP contribution in [0.3, 0.4) is 0 Å². The van der Waals surface area contributed by atoms with Gasteiger partial charge < -0.3 is 13.4 Å². The van der Waals surface area contributed by atoms with Crippen LogP contribution in [0.5, 0.6) is 0 Å². The lowest BCUT2D eigenvalue weighted by Crippen LogP contribution is -2.01. The molecule has 0 atom stereocenters. The van der Waals surface area contributed by atoms with E-state index in [0.717, 1.165) is 110 Å². The topological polar surface area (TPSA) is 69.9 Å². The summed E-state index contributed by atoms with van der Waals surface area (Å²) in [6.45, 7) is 0. The fourth-order valence-corrected chi connectivity index (χ4v) is 10.2. The monoisotopic (exact) mass is 882 g/mol. The van der Waals surface area contributed by atoms with E-state index < -0.39 is 0 Å². The second-order valence-electron chi connectivity index (χ2n) is 17.5. The summed E-state index contributed by atoms with van der Waals surface area (Å²) in [4.78, 5) is 15.6. The van der Waals surface area contributed by atoms with Gasteiger partial charge in [-0.25, -0.2) is 15.0 Å². The Morgan fingerprint density at radius 1 is 0.275 bits per heavy atom. The molecule has 4 aromatic heterocycles. The van der Waals surface area contributed by atoms with Gasteiger partial charge >= 0.3 is 0 Å². The average Bonchev–Trinajstić information content (AvgIpc) is 4.10. The molecular weight excluding hydrogens is 845 g/mol. The van der Waals surface area contributed by atoms with Gasteiger partial charge in [-0.3, -0.25) is 0 Å². The number of benzene rings is 10. The number of aromatic nitrogens is 4. The van der Waals surface area contributed by atoms with Gasteiger partial charge in [0.2, 0.25) is 0 Å². The van der Waals surface area contributed by atoms with Gasteiger partial charge in [-0.1, -0.05) is 176 Å². The van der Waals surface area contributed by atoms with Crippen molar-refractivity contribution >= 4 is 65.7 Å². The van der Waals surface area contributed by atoms with E-state index in [1.807, 2.05) is 60.7 Å². The van der Waals surface area contributed by atoms with Crippen LogP contribution in [-0.2, 0) is 0 Å². The van der Waals surface area contributed by atoms with Crippen LogP contribution in [0.25, 0.3) is 139 Å². The smallest absolute Gasteiger partial charge is 0.164 e. The molecule has 0 amide bonds. The highest BCUT2D eigenvalue weighted by atomic mass is 16.3. The van der Waals surface area contributed by atoms with Gasteiger partial charge in [0.15, 0.2) is 17.5 Å². The SMILES string of the molecule is c1ccc(-c2ccc(-c3nc(-c4ccccc4)nc(-c4cc(-c5cc6c(cc5-n5c7ccccc7c7cc(-c8ccccc8)ccc75)oc5ccccc56)c5c(c4)oc4ccccc45)n3)cc2)cc1. The molecule has 6 nitrogen and oxygen atoms in total. The van der Waals surface area contributed by atoms with Gasteiger partial charge in [0.1, 0.15) is 22.3 Å². The maximum absolute atomic E-state index is 6.83. The number of hydrogen-bond donors (Lipinski definition) is 0. The van der Waals surface area contributed by atoms with Crippen molar-refractivity contribution < 1.29 is 8.83 Å². The van der Waals surface area contributed by atoms with Crippen LogP contribution in [0.2, 0.25) is 0 Å². The number of hydrogen-bond acceptors (Lipinski definition) is 5. The zero-order valence-corrected chi connectivity index (χ0v) is 37.0. The second-order valence-corrected chi connectivity index (χ2v) is 17.5. The minimum absolute atomic E-state index is 0.538. The third-order valence-corrected chi connectivity index (χ3v) is 13.5. The summed E-state index contributed by atoms with van der Waals surface area (Å²) in [5.41, 5.74) is 15.5. The molecule has 0 aliphatic rings. The lowest BCUT2D eigenvalue weighted by atomic mass is 9.94. The van der Waals surface area contributed by atoms with E-state index in [4.69, 9.17) is 23.8 Å². The minimum Gasteiger partial charge on any atom is -0.456 e. The Morgan fingerprint density at radius 3 is 1.48 bits per heavy atom. The van der Waals surface area contributed by atoms with Crippen molar-refractivity contribution in [2.75, 3.05) is 0 Å². The van der Waals surface area contributed by atoms with Crippen molar-refractivity contribution in [2.24, 2.45) is 0 Å². The molecule has 0 unspecified atom stereocenters. The molecule has 10 aromatic carbocycles. The first kappa shape index (κ1) is 38.8. The highest BCUT2D eigenvalue weighted by Gasteiger charge is 2.24. The van der Waals surface area contributed by atoms with Gasteiger partial charge in [0, 0.05) is 60.6 Å². The molecule has 0 radical (unpaired) electrons. The Labute approximate surface area is 396 Å². The Balaban J connectivity index is 1.05. The summed E-state index contributed by atoms with van der Waals surface area (Å²) in [7, 11) is 0. The van der Waals surface area contributed by atoms with Crippen LogP contribution in [-0.4, -0.2) is 19.5 Å². The Bertz CT molecular complexity index is 4290. The normalized spacial score (nSPS) is 11.8.